The molecule has 13 heavy (non-hydrogen) atoms. The first-order valence-electron chi connectivity index (χ1n) is 3.75. The van der Waals surface area contributed by atoms with Gasteiger partial charge in [-0.1, -0.05) is 17.7 Å². The van der Waals surface area contributed by atoms with Crippen LogP contribution in [0.25, 0.3) is 0 Å². The number of hydrogen-bond acceptors (Lipinski definition) is 3. The molecule has 0 aromatic rings. The van der Waals surface area contributed by atoms with Crippen molar-refractivity contribution in [1.29, 1.82) is 0 Å². The second kappa shape index (κ2) is 3.78. The number of hydrogen-bond donors (Lipinski definition) is 0. The molecule has 1 aliphatic carbocycles. The van der Waals surface area contributed by atoms with Crippen LogP contribution in [0.2, 0.25) is 0 Å². The molecule has 0 saturated carbocycles. The Hall–Kier alpha value is -0.380. The Labute approximate surface area is 87.0 Å². The van der Waals surface area contributed by atoms with Gasteiger partial charge in [-0.25, -0.2) is 0 Å². The Morgan fingerprint density at radius 3 is 2.62 bits per heavy atom. The zero-order valence-electron chi connectivity index (χ0n) is 7.37. The summed E-state index contributed by atoms with van der Waals surface area (Å²) in [5, 5.41) is 3.04. The predicted octanol–water partition coefficient (Wildman–Crippen LogP) is 2.31. The van der Waals surface area contributed by atoms with Crippen LogP contribution in [0.1, 0.15) is 0 Å². The molecule has 0 heterocycles. The second-order valence-electron chi connectivity index (χ2n) is 3.06. The summed E-state index contributed by atoms with van der Waals surface area (Å²) in [5.74, 6) is 0. The van der Waals surface area contributed by atoms with Crippen molar-refractivity contribution in [2.45, 2.75) is 11.0 Å². The monoisotopic (exact) mass is 220 g/mol. The van der Waals surface area contributed by atoms with Gasteiger partial charge in [0.05, 0.1) is 5.38 Å². The molecule has 0 fully saturated rings. The predicted molar refractivity (Wildman–Crippen MR) is 54.9 cm³/mol. The molecule has 2 unspecified atom stereocenters. The number of allylic oxidation sites excluding steroid dienone is 2. The van der Waals surface area contributed by atoms with E-state index in [-0.39, 0.29) is 0 Å². The maximum Gasteiger partial charge on any atom is 0.195 e. The Morgan fingerprint density at radius 2 is 2.23 bits per heavy atom. The lowest BCUT2D eigenvalue weighted by Gasteiger charge is -2.34. The molecule has 72 valence electrons. The molecular weight excluding hydrogens is 211 g/mol. The first-order chi connectivity index (χ1) is 6.03. The Morgan fingerprint density at radius 1 is 1.62 bits per heavy atom. The second-order valence-corrected chi connectivity index (χ2v) is 3.97. The summed E-state index contributed by atoms with van der Waals surface area (Å²) in [4.78, 5) is 12.4. The van der Waals surface area contributed by atoms with Gasteiger partial charge in [-0.3, -0.25) is 4.90 Å². The lowest BCUT2D eigenvalue weighted by molar-refractivity contribution is 0.220. The highest BCUT2D eigenvalue weighted by Gasteiger charge is 2.40. The third-order valence-electron chi connectivity index (χ3n) is 2.04. The summed E-state index contributed by atoms with van der Waals surface area (Å²) < 4.78 is 0. The molecule has 0 amide bonds. The number of likely N-dealkylation sites (N-methyl/N-ethyl adjacent to an activating group) is 1. The average Bonchev–Trinajstić information content (AvgIpc) is 2.09. The van der Waals surface area contributed by atoms with Crippen molar-refractivity contribution in [3.63, 3.8) is 0 Å². The Kier molecular flexibility index (Phi) is 3.11. The highest BCUT2D eigenvalue weighted by Crippen LogP contribution is 2.32. The van der Waals surface area contributed by atoms with Gasteiger partial charge in [0.25, 0.3) is 0 Å². The lowest BCUT2D eigenvalue weighted by Crippen LogP contribution is -2.48. The molecule has 5 heteroatoms. The van der Waals surface area contributed by atoms with Crippen LogP contribution in [0.5, 0.6) is 0 Å². The van der Waals surface area contributed by atoms with E-state index in [0.717, 1.165) is 0 Å². The van der Waals surface area contributed by atoms with Crippen molar-refractivity contribution in [2.75, 3.05) is 14.1 Å². The summed E-state index contributed by atoms with van der Waals surface area (Å²) in [6.07, 6.45) is 4.87. The van der Waals surface area contributed by atoms with E-state index < -0.39 is 11.0 Å². The van der Waals surface area contributed by atoms with Gasteiger partial charge < -0.3 is 0 Å². The minimum Gasteiger partial charge on any atom is -0.278 e. The van der Waals surface area contributed by atoms with Crippen LogP contribution in [0.4, 0.5) is 0 Å². The van der Waals surface area contributed by atoms with E-state index in [9.17, 15) is 4.91 Å². The molecule has 0 aromatic carbocycles. The van der Waals surface area contributed by atoms with Crippen molar-refractivity contribution in [1.82, 2.24) is 4.90 Å². The Bertz CT molecular complexity index is 275. The quantitative estimate of drug-likeness (QED) is 0.529. The smallest absolute Gasteiger partial charge is 0.195 e. The molecule has 0 radical (unpaired) electrons. The number of nitrogens with zero attached hydrogens (tertiary/aromatic N) is 2. The minimum atomic E-state index is -1.06. The third-order valence-corrected chi connectivity index (χ3v) is 2.74. The zero-order chi connectivity index (χ0) is 10.1. The SMILES string of the molecule is CN(C)C1(N=O)C=C(Cl)C=CC1Cl. The standard InChI is InChI=1S/C8H10Cl2N2O/c1-12(2)8(11-13)5-6(9)3-4-7(8)10/h3-5,7H,1-2H3. The maximum atomic E-state index is 10.8. The van der Waals surface area contributed by atoms with Crippen molar-refractivity contribution in [3.8, 4) is 0 Å². The fourth-order valence-corrected chi connectivity index (χ4v) is 1.79. The molecule has 1 rings (SSSR count). The fraction of sp³-hybridized carbons (Fsp3) is 0.500. The van der Waals surface area contributed by atoms with Gasteiger partial charge in [-0.05, 0) is 31.4 Å². The number of halogens is 2. The van der Waals surface area contributed by atoms with E-state index in [1.54, 1.807) is 37.2 Å². The van der Waals surface area contributed by atoms with Gasteiger partial charge >= 0.3 is 0 Å². The molecule has 1 aliphatic rings. The lowest BCUT2D eigenvalue weighted by atomic mass is 10.0. The van der Waals surface area contributed by atoms with Crippen LogP contribution in [0.3, 0.4) is 0 Å². The topological polar surface area (TPSA) is 32.7 Å². The number of nitroso groups, excluding NO2 is 1. The summed E-state index contributed by atoms with van der Waals surface area (Å²) in [6, 6.07) is 0. The zero-order valence-corrected chi connectivity index (χ0v) is 8.88. The van der Waals surface area contributed by atoms with Crippen LogP contribution in [0.15, 0.2) is 28.4 Å². The van der Waals surface area contributed by atoms with Gasteiger partial charge in [0.2, 0.25) is 0 Å². The maximum absolute atomic E-state index is 10.8. The van der Waals surface area contributed by atoms with Gasteiger partial charge in [-0.15, -0.1) is 16.5 Å². The van der Waals surface area contributed by atoms with Crippen molar-refractivity contribution < 1.29 is 0 Å². The highest BCUT2D eigenvalue weighted by atomic mass is 35.5. The van der Waals surface area contributed by atoms with Crippen LogP contribution in [0, 0.1) is 4.91 Å². The van der Waals surface area contributed by atoms with Crippen LogP contribution >= 0.6 is 23.2 Å². The first-order valence-corrected chi connectivity index (χ1v) is 4.57. The molecule has 0 aromatic heterocycles. The average molecular weight is 221 g/mol. The van der Waals surface area contributed by atoms with Gasteiger partial charge in [0, 0.05) is 5.03 Å². The normalized spacial score (nSPS) is 33.3. The summed E-state index contributed by atoms with van der Waals surface area (Å²) in [7, 11) is 3.47. The van der Waals surface area contributed by atoms with Gasteiger partial charge in [0.1, 0.15) is 0 Å². The highest BCUT2D eigenvalue weighted by molar-refractivity contribution is 6.32. The molecule has 0 spiro atoms. The van der Waals surface area contributed by atoms with E-state index in [2.05, 4.69) is 5.18 Å². The van der Waals surface area contributed by atoms with E-state index >= 15 is 0 Å². The minimum absolute atomic E-state index is 0.477. The van der Waals surface area contributed by atoms with Crippen molar-refractivity contribution in [2.24, 2.45) is 5.18 Å². The number of rotatable bonds is 2. The molecule has 2 atom stereocenters. The van der Waals surface area contributed by atoms with Crippen LogP contribution in [-0.4, -0.2) is 30.0 Å². The van der Waals surface area contributed by atoms with E-state index in [4.69, 9.17) is 23.2 Å². The van der Waals surface area contributed by atoms with E-state index in [1.165, 1.54) is 0 Å². The van der Waals surface area contributed by atoms with Crippen LogP contribution in [-0.2, 0) is 0 Å². The summed E-state index contributed by atoms with van der Waals surface area (Å²) in [6.45, 7) is 0. The van der Waals surface area contributed by atoms with E-state index in [0.29, 0.717) is 5.03 Å². The van der Waals surface area contributed by atoms with Crippen LogP contribution < -0.4 is 0 Å². The molecule has 3 nitrogen and oxygen atoms in total. The third kappa shape index (κ3) is 1.77. The first kappa shape index (κ1) is 10.7. The molecule has 0 N–H and O–H groups in total. The van der Waals surface area contributed by atoms with E-state index in [1.807, 2.05) is 0 Å². The summed E-state index contributed by atoms with van der Waals surface area (Å²) in [5.41, 5.74) is -1.06. The summed E-state index contributed by atoms with van der Waals surface area (Å²) >= 11 is 11.8. The fourth-order valence-electron chi connectivity index (χ4n) is 1.18. The molecule has 0 saturated heterocycles. The van der Waals surface area contributed by atoms with Gasteiger partial charge in [-0.2, -0.15) is 0 Å². The molecule has 0 aliphatic heterocycles. The number of alkyl halides is 1. The van der Waals surface area contributed by atoms with Crippen molar-refractivity contribution in [3.05, 3.63) is 28.2 Å². The molecule has 0 bridgehead atoms. The van der Waals surface area contributed by atoms with Gasteiger partial charge in [0.15, 0.2) is 5.66 Å². The Balaban J connectivity index is 3.11. The largest absolute Gasteiger partial charge is 0.278 e. The molecular formula is C8H10Cl2N2O. The van der Waals surface area contributed by atoms with Crippen molar-refractivity contribution >= 4 is 23.2 Å².